The number of benzene rings is 3. The summed E-state index contributed by atoms with van der Waals surface area (Å²) in [6.07, 6.45) is 0.985. The van der Waals surface area contributed by atoms with Crippen molar-refractivity contribution in [2.24, 2.45) is 5.92 Å². The van der Waals surface area contributed by atoms with Crippen LogP contribution >= 0.6 is 0 Å². The number of hydrogen-bond donors (Lipinski definition) is 1. The molecular formula is C29H28FNO3. The monoisotopic (exact) mass is 457 g/mol. The highest BCUT2D eigenvalue weighted by molar-refractivity contribution is 5.84. The molecule has 1 aliphatic rings. The fraction of sp³-hybridized carbons (Fsp3) is 0.276. The summed E-state index contributed by atoms with van der Waals surface area (Å²) < 4.78 is 21.1. The minimum atomic E-state index is -0.771. The van der Waals surface area contributed by atoms with E-state index >= 15 is 4.39 Å². The van der Waals surface area contributed by atoms with Crippen LogP contribution in [0.2, 0.25) is 0 Å². The predicted molar refractivity (Wildman–Crippen MR) is 131 cm³/mol. The van der Waals surface area contributed by atoms with Crippen molar-refractivity contribution in [3.05, 3.63) is 95.3 Å². The number of likely N-dealkylation sites (tertiary alicyclic amines) is 1. The van der Waals surface area contributed by atoms with E-state index in [1.54, 1.807) is 6.07 Å². The molecule has 1 aromatic heterocycles. The number of halogens is 1. The fourth-order valence-corrected chi connectivity index (χ4v) is 5.03. The predicted octanol–water partition coefficient (Wildman–Crippen LogP) is 6.69. The number of carboxylic acid groups (broad SMARTS) is 1. The van der Waals surface area contributed by atoms with Crippen molar-refractivity contribution in [2.75, 3.05) is 6.54 Å². The Bertz CT molecular complexity index is 1330. The van der Waals surface area contributed by atoms with Crippen LogP contribution in [0.4, 0.5) is 4.39 Å². The molecule has 3 atom stereocenters. The smallest absolute Gasteiger partial charge is 0.309 e. The van der Waals surface area contributed by atoms with Crippen molar-refractivity contribution < 1.29 is 18.7 Å². The zero-order chi connectivity index (χ0) is 23.8. The highest BCUT2D eigenvalue weighted by Crippen LogP contribution is 2.35. The summed E-state index contributed by atoms with van der Waals surface area (Å²) in [7, 11) is 0. The number of fused-ring (bicyclic) bond motifs is 1. The molecular weight excluding hydrogens is 429 g/mol. The molecule has 4 aromatic rings. The van der Waals surface area contributed by atoms with Crippen LogP contribution in [-0.4, -0.2) is 28.6 Å². The standard InChI is InChI=1S/C29H28FNO3/c1-3-23(20-7-5-4-6-8-20)21-10-12-27-22(14-21)15-28(34-27)24-11-9-19(13-26(24)30)16-31-17-25(18(31)2)29(32)33/h4-15,18,23,25H,3,16-17H2,1-2H3,(H,32,33). The van der Waals surface area contributed by atoms with E-state index in [1.807, 2.05) is 36.1 Å². The second kappa shape index (κ2) is 9.07. The van der Waals surface area contributed by atoms with Crippen LogP contribution in [0.15, 0.2) is 77.2 Å². The lowest BCUT2D eigenvalue weighted by molar-refractivity contribution is -0.152. The van der Waals surface area contributed by atoms with Gasteiger partial charge >= 0.3 is 5.97 Å². The number of hydrogen-bond acceptors (Lipinski definition) is 3. The molecule has 1 fully saturated rings. The van der Waals surface area contributed by atoms with Gasteiger partial charge in [0.15, 0.2) is 0 Å². The van der Waals surface area contributed by atoms with Gasteiger partial charge in [0.2, 0.25) is 0 Å². The Labute approximate surface area is 198 Å². The van der Waals surface area contributed by atoms with Gasteiger partial charge in [0, 0.05) is 30.4 Å². The summed E-state index contributed by atoms with van der Waals surface area (Å²) in [6.45, 7) is 5.11. The Morgan fingerprint density at radius 1 is 1.09 bits per heavy atom. The molecule has 1 N–H and O–H groups in total. The summed E-state index contributed by atoms with van der Waals surface area (Å²) in [6, 6.07) is 23.7. The van der Waals surface area contributed by atoms with Crippen molar-refractivity contribution in [3.63, 3.8) is 0 Å². The summed E-state index contributed by atoms with van der Waals surface area (Å²) in [5, 5.41) is 10.1. The zero-order valence-electron chi connectivity index (χ0n) is 19.4. The van der Waals surface area contributed by atoms with Gasteiger partial charge in [-0.25, -0.2) is 4.39 Å². The van der Waals surface area contributed by atoms with E-state index in [-0.39, 0.29) is 17.8 Å². The first kappa shape index (κ1) is 22.4. The van der Waals surface area contributed by atoms with Gasteiger partial charge in [0.05, 0.1) is 11.5 Å². The first-order valence-electron chi connectivity index (χ1n) is 11.8. The largest absolute Gasteiger partial charge is 0.481 e. The van der Waals surface area contributed by atoms with Crippen LogP contribution < -0.4 is 0 Å². The maximum Gasteiger partial charge on any atom is 0.309 e. The van der Waals surface area contributed by atoms with Gasteiger partial charge in [-0.2, -0.15) is 0 Å². The fourth-order valence-electron chi connectivity index (χ4n) is 5.03. The molecule has 5 heteroatoms. The first-order valence-corrected chi connectivity index (χ1v) is 11.8. The van der Waals surface area contributed by atoms with Crippen LogP contribution in [0.25, 0.3) is 22.3 Å². The molecule has 3 aromatic carbocycles. The van der Waals surface area contributed by atoms with E-state index in [0.29, 0.717) is 30.3 Å². The quantitative estimate of drug-likeness (QED) is 0.336. The lowest BCUT2D eigenvalue weighted by Gasteiger charge is -2.44. The molecule has 1 aliphatic heterocycles. The second-order valence-electron chi connectivity index (χ2n) is 9.21. The second-order valence-corrected chi connectivity index (χ2v) is 9.21. The van der Waals surface area contributed by atoms with Gasteiger partial charge in [-0.15, -0.1) is 0 Å². The van der Waals surface area contributed by atoms with Crippen LogP contribution in [0.3, 0.4) is 0 Å². The van der Waals surface area contributed by atoms with E-state index in [9.17, 15) is 9.90 Å². The molecule has 0 spiro atoms. The first-order chi connectivity index (χ1) is 16.4. The average Bonchev–Trinajstić information content (AvgIpc) is 3.25. The number of carbonyl (C=O) groups is 1. The third kappa shape index (κ3) is 4.12. The van der Waals surface area contributed by atoms with Crippen LogP contribution in [-0.2, 0) is 11.3 Å². The van der Waals surface area contributed by atoms with Gasteiger partial charge in [0.1, 0.15) is 17.2 Å². The Morgan fingerprint density at radius 3 is 2.56 bits per heavy atom. The number of nitrogens with zero attached hydrogens (tertiary/aromatic N) is 1. The summed E-state index contributed by atoms with van der Waals surface area (Å²) in [5.41, 5.74) is 4.48. The van der Waals surface area contributed by atoms with Crippen molar-refractivity contribution in [1.29, 1.82) is 0 Å². The lowest BCUT2D eigenvalue weighted by Crippen LogP contribution is -2.56. The van der Waals surface area contributed by atoms with E-state index in [0.717, 1.165) is 23.0 Å². The minimum Gasteiger partial charge on any atom is -0.481 e. The van der Waals surface area contributed by atoms with Gasteiger partial charge in [-0.05, 0) is 60.4 Å². The van der Waals surface area contributed by atoms with E-state index in [1.165, 1.54) is 17.2 Å². The minimum absolute atomic E-state index is 0.0485. The van der Waals surface area contributed by atoms with Gasteiger partial charge < -0.3 is 9.52 Å². The molecule has 0 amide bonds. The van der Waals surface area contributed by atoms with Crippen LogP contribution in [0, 0.1) is 11.7 Å². The molecule has 0 aliphatic carbocycles. The van der Waals surface area contributed by atoms with Crippen molar-refractivity contribution >= 4 is 16.9 Å². The Balaban J connectivity index is 1.37. The average molecular weight is 458 g/mol. The highest BCUT2D eigenvalue weighted by atomic mass is 19.1. The Kier molecular flexibility index (Phi) is 5.96. The number of rotatable bonds is 7. The normalized spacial score (nSPS) is 19.1. The maximum absolute atomic E-state index is 15.0. The van der Waals surface area contributed by atoms with Crippen molar-refractivity contribution in [2.45, 2.75) is 38.8 Å². The third-order valence-corrected chi connectivity index (χ3v) is 7.14. The van der Waals surface area contributed by atoms with Gasteiger partial charge in [-0.1, -0.05) is 49.4 Å². The Hall–Kier alpha value is -3.44. The molecule has 0 saturated carbocycles. The van der Waals surface area contributed by atoms with Gasteiger partial charge in [0.25, 0.3) is 0 Å². The molecule has 0 bridgehead atoms. The molecule has 2 heterocycles. The third-order valence-electron chi connectivity index (χ3n) is 7.14. The van der Waals surface area contributed by atoms with Crippen LogP contribution in [0.1, 0.15) is 42.9 Å². The Morgan fingerprint density at radius 2 is 1.88 bits per heavy atom. The van der Waals surface area contributed by atoms with Crippen molar-refractivity contribution in [3.8, 4) is 11.3 Å². The molecule has 1 saturated heterocycles. The lowest BCUT2D eigenvalue weighted by atomic mass is 9.89. The van der Waals surface area contributed by atoms with E-state index in [2.05, 4.69) is 43.3 Å². The highest BCUT2D eigenvalue weighted by Gasteiger charge is 2.40. The van der Waals surface area contributed by atoms with E-state index in [4.69, 9.17) is 4.42 Å². The molecule has 3 unspecified atom stereocenters. The summed E-state index contributed by atoms with van der Waals surface area (Å²) in [4.78, 5) is 13.2. The molecule has 34 heavy (non-hydrogen) atoms. The number of aliphatic carboxylic acids is 1. The van der Waals surface area contributed by atoms with Gasteiger partial charge in [-0.3, -0.25) is 9.69 Å². The SMILES string of the molecule is CCC(c1ccccc1)c1ccc2oc(-c3ccc(CN4CC(C(=O)O)C4C)cc3F)cc2c1. The summed E-state index contributed by atoms with van der Waals surface area (Å²) >= 11 is 0. The van der Waals surface area contributed by atoms with Crippen LogP contribution in [0.5, 0.6) is 0 Å². The zero-order valence-corrected chi connectivity index (χ0v) is 19.4. The maximum atomic E-state index is 15.0. The van der Waals surface area contributed by atoms with E-state index < -0.39 is 5.97 Å². The topological polar surface area (TPSA) is 53.7 Å². The molecule has 5 rings (SSSR count). The molecule has 0 radical (unpaired) electrons. The number of carboxylic acids is 1. The molecule has 4 nitrogen and oxygen atoms in total. The number of furan rings is 1. The molecule has 174 valence electrons. The summed E-state index contributed by atoms with van der Waals surface area (Å²) in [5.74, 6) is -0.654. The van der Waals surface area contributed by atoms with Crippen molar-refractivity contribution in [1.82, 2.24) is 4.90 Å².